The number of nitrogens with one attached hydrogen (secondary N) is 2. The highest BCUT2D eigenvalue weighted by Gasteiger charge is 2.22. The molecule has 1 aromatic rings. The standard InChI is InChI=1S/C17H31N7OS.HI/c1-6-13-21-16(26-22-13)24-11-9-23(10-12-24)15(18-5)20-8-7-19-14(25)17(2,3)4;/h6-12H2,1-5H3,(H,18,20)(H,19,25);1H. The van der Waals surface area contributed by atoms with Gasteiger partial charge in [0.15, 0.2) is 5.96 Å². The molecule has 154 valence electrons. The van der Waals surface area contributed by atoms with Gasteiger partial charge in [-0.1, -0.05) is 27.7 Å². The van der Waals surface area contributed by atoms with E-state index in [9.17, 15) is 4.79 Å². The molecule has 27 heavy (non-hydrogen) atoms. The van der Waals surface area contributed by atoms with Crippen molar-refractivity contribution in [2.75, 3.05) is 51.2 Å². The molecule has 0 aliphatic carbocycles. The van der Waals surface area contributed by atoms with Crippen LogP contribution in [-0.2, 0) is 11.2 Å². The van der Waals surface area contributed by atoms with Crippen molar-refractivity contribution in [3.63, 3.8) is 0 Å². The fraction of sp³-hybridized carbons (Fsp3) is 0.765. The first-order valence-electron chi connectivity index (χ1n) is 9.16. The van der Waals surface area contributed by atoms with Crippen LogP contribution in [0.15, 0.2) is 4.99 Å². The molecule has 0 bridgehead atoms. The molecule has 2 N–H and O–H groups in total. The van der Waals surface area contributed by atoms with E-state index in [1.807, 2.05) is 20.8 Å². The fourth-order valence-corrected chi connectivity index (χ4v) is 3.38. The number of hydrogen-bond acceptors (Lipinski definition) is 6. The number of hydrogen-bond donors (Lipinski definition) is 2. The number of aromatic nitrogens is 2. The number of anilines is 1. The number of aryl methyl sites for hydroxylation is 1. The lowest BCUT2D eigenvalue weighted by Crippen LogP contribution is -2.53. The Morgan fingerprint density at radius 2 is 1.81 bits per heavy atom. The summed E-state index contributed by atoms with van der Waals surface area (Å²) in [4.78, 5) is 25.3. The molecule has 10 heteroatoms. The maximum Gasteiger partial charge on any atom is 0.225 e. The molecule has 0 saturated carbocycles. The zero-order chi connectivity index (χ0) is 19.2. The molecule has 0 atom stereocenters. The number of carbonyl (C=O) groups excluding carboxylic acids is 1. The second-order valence-corrected chi connectivity index (χ2v) is 8.03. The van der Waals surface area contributed by atoms with Gasteiger partial charge in [-0.25, -0.2) is 4.98 Å². The summed E-state index contributed by atoms with van der Waals surface area (Å²) in [6.07, 6.45) is 0.874. The first kappa shape index (κ1) is 23.9. The number of carbonyl (C=O) groups is 1. The Bertz CT molecular complexity index is 621. The summed E-state index contributed by atoms with van der Waals surface area (Å²) in [5.74, 6) is 1.86. The smallest absolute Gasteiger partial charge is 0.225 e. The first-order chi connectivity index (χ1) is 12.3. The highest BCUT2D eigenvalue weighted by Crippen LogP contribution is 2.19. The van der Waals surface area contributed by atoms with Crippen LogP contribution in [0.5, 0.6) is 0 Å². The number of guanidine groups is 1. The van der Waals surface area contributed by atoms with E-state index in [2.05, 4.69) is 41.7 Å². The van der Waals surface area contributed by atoms with Crippen LogP contribution in [0.25, 0.3) is 0 Å². The molecule has 1 aromatic heterocycles. The number of amides is 1. The zero-order valence-corrected chi connectivity index (χ0v) is 20.1. The van der Waals surface area contributed by atoms with Crippen molar-refractivity contribution in [3.05, 3.63) is 5.82 Å². The third-order valence-corrected chi connectivity index (χ3v) is 5.02. The number of halogens is 1. The van der Waals surface area contributed by atoms with E-state index in [-0.39, 0.29) is 35.3 Å². The zero-order valence-electron chi connectivity index (χ0n) is 16.9. The van der Waals surface area contributed by atoms with Crippen LogP contribution in [-0.4, -0.2) is 72.4 Å². The average molecular weight is 509 g/mol. The Kier molecular flexibility index (Phi) is 9.71. The predicted octanol–water partition coefficient (Wildman–Crippen LogP) is 1.58. The van der Waals surface area contributed by atoms with Gasteiger partial charge in [0, 0.05) is 69.7 Å². The van der Waals surface area contributed by atoms with Gasteiger partial charge >= 0.3 is 0 Å². The largest absolute Gasteiger partial charge is 0.354 e. The Labute approximate surface area is 183 Å². The van der Waals surface area contributed by atoms with Crippen molar-refractivity contribution in [1.82, 2.24) is 24.9 Å². The minimum atomic E-state index is -0.361. The van der Waals surface area contributed by atoms with Gasteiger partial charge in [0.1, 0.15) is 5.82 Å². The average Bonchev–Trinajstić information content (AvgIpc) is 3.10. The molecule has 8 nitrogen and oxygen atoms in total. The number of aliphatic imine (C=N–C) groups is 1. The third-order valence-electron chi connectivity index (χ3n) is 4.21. The van der Waals surface area contributed by atoms with Crippen LogP contribution < -0.4 is 15.5 Å². The van der Waals surface area contributed by atoms with E-state index >= 15 is 0 Å². The summed E-state index contributed by atoms with van der Waals surface area (Å²) in [6, 6.07) is 0. The Hall–Kier alpha value is -1.17. The van der Waals surface area contributed by atoms with Crippen molar-refractivity contribution < 1.29 is 4.79 Å². The van der Waals surface area contributed by atoms with Crippen LogP contribution >= 0.6 is 35.5 Å². The molecule has 1 aliphatic rings. The van der Waals surface area contributed by atoms with E-state index < -0.39 is 0 Å². The molecule has 0 radical (unpaired) electrons. The summed E-state index contributed by atoms with van der Waals surface area (Å²) >= 11 is 1.48. The molecule has 0 spiro atoms. The Morgan fingerprint density at radius 1 is 1.19 bits per heavy atom. The van der Waals surface area contributed by atoms with Gasteiger partial charge in [0.05, 0.1) is 0 Å². The van der Waals surface area contributed by atoms with Crippen molar-refractivity contribution in [2.24, 2.45) is 10.4 Å². The van der Waals surface area contributed by atoms with Crippen LogP contribution in [0.3, 0.4) is 0 Å². The molecule has 1 fully saturated rings. The van der Waals surface area contributed by atoms with Gasteiger partial charge in [-0.2, -0.15) is 4.37 Å². The first-order valence-corrected chi connectivity index (χ1v) is 9.94. The van der Waals surface area contributed by atoms with Crippen LogP contribution in [0, 0.1) is 5.41 Å². The van der Waals surface area contributed by atoms with Crippen LogP contribution in [0.4, 0.5) is 5.13 Å². The second-order valence-electron chi connectivity index (χ2n) is 7.30. The second kappa shape index (κ2) is 11.0. The minimum Gasteiger partial charge on any atom is -0.354 e. The lowest BCUT2D eigenvalue weighted by Gasteiger charge is -2.36. The summed E-state index contributed by atoms with van der Waals surface area (Å²) < 4.78 is 4.37. The van der Waals surface area contributed by atoms with Gasteiger partial charge < -0.3 is 20.4 Å². The highest BCUT2D eigenvalue weighted by atomic mass is 127. The summed E-state index contributed by atoms with van der Waals surface area (Å²) in [7, 11) is 1.79. The van der Waals surface area contributed by atoms with E-state index in [4.69, 9.17) is 0 Å². The molecule has 1 amide bonds. The fourth-order valence-electron chi connectivity index (χ4n) is 2.57. The molecular formula is C17H32IN7OS. The quantitative estimate of drug-likeness (QED) is 0.272. The molecule has 0 unspecified atom stereocenters. The lowest BCUT2D eigenvalue weighted by molar-refractivity contribution is -0.128. The SMILES string of the molecule is CCc1nsc(N2CCN(C(=NC)NCCNC(=O)C(C)(C)C)CC2)n1.I. The van der Waals surface area contributed by atoms with Crippen LogP contribution in [0.1, 0.15) is 33.5 Å². The summed E-state index contributed by atoms with van der Waals surface area (Å²) in [5.41, 5.74) is -0.361. The third kappa shape index (κ3) is 7.05. The number of nitrogens with zero attached hydrogens (tertiary/aromatic N) is 5. The molecular weight excluding hydrogens is 477 g/mol. The van der Waals surface area contributed by atoms with Gasteiger partial charge in [0.25, 0.3) is 0 Å². The number of piperazine rings is 1. The van der Waals surface area contributed by atoms with Gasteiger partial charge in [-0.15, -0.1) is 24.0 Å². The molecule has 1 saturated heterocycles. The van der Waals surface area contributed by atoms with Crippen molar-refractivity contribution >= 4 is 52.5 Å². The monoisotopic (exact) mass is 509 g/mol. The highest BCUT2D eigenvalue weighted by molar-refractivity contribution is 14.0. The normalized spacial score (nSPS) is 15.4. The van der Waals surface area contributed by atoms with E-state index in [0.717, 1.165) is 49.5 Å². The van der Waals surface area contributed by atoms with E-state index in [1.165, 1.54) is 11.5 Å². The van der Waals surface area contributed by atoms with Crippen LogP contribution in [0.2, 0.25) is 0 Å². The van der Waals surface area contributed by atoms with Gasteiger partial charge in [-0.05, 0) is 0 Å². The topological polar surface area (TPSA) is 85.8 Å². The summed E-state index contributed by atoms with van der Waals surface area (Å²) in [6.45, 7) is 12.6. The Morgan fingerprint density at radius 3 is 2.33 bits per heavy atom. The van der Waals surface area contributed by atoms with Gasteiger partial charge in [0.2, 0.25) is 11.0 Å². The lowest BCUT2D eigenvalue weighted by atomic mass is 9.96. The Balaban J connectivity index is 0.00000364. The van der Waals surface area contributed by atoms with Gasteiger partial charge in [-0.3, -0.25) is 9.79 Å². The van der Waals surface area contributed by atoms with E-state index in [1.54, 1.807) is 7.05 Å². The number of rotatable bonds is 5. The molecule has 2 heterocycles. The maximum atomic E-state index is 11.9. The molecule has 2 rings (SSSR count). The van der Waals surface area contributed by atoms with Crippen molar-refractivity contribution in [1.29, 1.82) is 0 Å². The summed E-state index contributed by atoms with van der Waals surface area (Å²) in [5, 5.41) is 7.28. The van der Waals surface area contributed by atoms with Crippen molar-refractivity contribution in [3.8, 4) is 0 Å². The van der Waals surface area contributed by atoms with E-state index in [0.29, 0.717) is 13.1 Å². The molecule has 0 aromatic carbocycles. The van der Waals surface area contributed by atoms with Crippen molar-refractivity contribution in [2.45, 2.75) is 34.1 Å². The predicted molar refractivity (Wildman–Crippen MR) is 122 cm³/mol. The minimum absolute atomic E-state index is 0. The maximum absolute atomic E-state index is 11.9. The molecule has 1 aliphatic heterocycles.